The molecule has 0 spiro atoms. The Morgan fingerprint density at radius 2 is 1.86 bits per heavy atom. The Labute approximate surface area is 161 Å². The van der Waals surface area contributed by atoms with Crippen molar-refractivity contribution in [1.82, 2.24) is 9.55 Å². The van der Waals surface area contributed by atoms with Crippen molar-refractivity contribution in [3.05, 3.63) is 90.3 Å². The molecule has 0 aliphatic heterocycles. The number of benzene rings is 3. The maximum atomic E-state index is 7.79. The summed E-state index contributed by atoms with van der Waals surface area (Å²) in [6, 6.07) is 22.6. The van der Waals surface area contributed by atoms with Crippen LogP contribution >= 0.6 is 0 Å². The minimum absolute atomic E-state index is 0.0532. The lowest BCUT2D eigenvalue weighted by Crippen LogP contribution is -2.11. The van der Waals surface area contributed by atoms with E-state index in [0.29, 0.717) is 18.0 Å². The maximum absolute atomic E-state index is 7.79. The summed E-state index contributed by atoms with van der Waals surface area (Å²) in [5.74, 6) is 0.623. The van der Waals surface area contributed by atoms with E-state index in [1.165, 1.54) is 16.3 Å². The van der Waals surface area contributed by atoms with Crippen LogP contribution in [-0.2, 0) is 6.54 Å². The maximum Gasteiger partial charge on any atom is 0.243 e. The highest BCUT2D eigenvalue weighted by atomic mass is 16.3. The van der Waals surface area contributed by atoms with E-state index in [-0.39, 0.29) is 5.84 Å². The van der Waals surface area contributed by atoms with Gasteiger partial charge in [0.2, 0.25) is 5.89 Å². The molecule has 0 fully saturated rings. The molecule has 3 N–H and O–H groups in total. The number of hydrogen-bond acceptors (Lipinski definition) is 3. The molecular weight excluding hydrogens is 348 g/mol. The van der Waals surface area contributed by atoms with Crippen LogP contribution in [0.25, 0.3) is 33.3 Å². The molecule has 5 aromatic rings. The molecule has 136 valence electrons. The highest BCUT2D eigenvalue weighted by molar-refractivity contribution is 5.99. The lowest BCUT2D eigenvalue weighted by atomic mass is 10.0. The summed E-state index contributed by atoms with van der Waals surface area (Å²) in [5, 5.41) is 11.3. The van der Waals surface area contributed by atoms with Crippen LogP contribution in [0.2, 0.25) is 0 Å². The minimum atomic E-state index is 0.0532. The van der Waals surface area contributed by atoms with Crippen LogP contribution in [0.15, 0.2) is 83.6 Å². The highest BCUT2D eigenvalue weighted by Crippen LogP contribution is 2.30. The Hall–Kier alpha value is -3.86. The van der Waals surface area contributed by atoms with Gasteiger partial charge >= 0.3 is 0 Å². The summed E-state index contributed by atoms with van der Waals surface area (Å²) in [4.78, 5) is 4.35. The molecule has 2 heterocycles. The number of nitrogen functional groups attached to an aromatic ring is 1. The van der Waals surface area contributed by atoms with E-state index >= 15 is 0 Å². The molecular formula is C23H18N4O. The molecule has 0 amide bonds. The standard InChI is InChI=1S/C23H18N4O/c24-22(25)17-9-8-16-12-21(23-26-10-11-28-23)27(20(16)13-17)14-18-6-3-5-15-4-1-2-7-19(15)18/h1-13H,14H2,(H3,24,25). The van der Waals surface area contributed by atoms with Gasteiger partial charge in [-0.05, 0) is 28.5 Å². The van der Waals surface area contributed by atoms with Gasteiger partial charge in [0.25, 0.3) is 0 Å². The van der Waals surface area contributed by atoms with E-state index in [4.69, 9.17) is 15.6 Å². The second-order valence-electron chi connectivity index (χ2n) is 6.78. The third kappa shape index (κ3) is 2.65. The lowest BCUT2D eigenvalue weighted by Gasteiger charge is -2.12. The van der Waals surface area contributed by atoms with Crippen LogP contribution in [0.3, 0.4) is 0 Å². The second kappa shape index (κ2) is 6.39. The molecule has 0 saturated carbocycles. The van der Waals surface area contributed by atoms with Crippen LogP contribution in [-0.4, -0.2) is 15.4 Å². The summed E-state index contributed by atoms with van der Waals surface area (Å²) in [7, 11) is 0. The topological polar surface area (TPSA) is 80.8 Å². The number of rotatable bonds is 4. The molecule has 2 aromatic heterocycles. The van der Waals surface area contributed by atoms with Gasteiger partial charge in [0.1, 0.15) is 17.8 Å². The molecule has 0 radical (unpaired) electrons. The Morgan fingerprint density at radius 3 is 2.68 bits per heavy atom. The fraction of sp³-hybridized carbons (Fsp3) is 0.0435. The third-order valence-corrected chi connectivity index (χ3v) is 5.08. The quantitative estimate of drug-likeness (QED) is 0.355. The molecule has 3 aromatic carbocycles. The van der Waals surface area contributed by atoms with Crippen molar-refractivity contribution in [2.24, 2.45) is 5.73 Å². The van der Waals surface area contributed by atoms with Crippen LogP contribution in [0.1, 0.15) is 11.1 Å². The zero-order chi connectivity index (χ0) is 19.1. The van der Waals surface area contributed by atoms with E-state index in [1.807, 2.05) is 18.2 Å². The number of fused-ring (bicyclic) bond motifs is 2. The van der Waals surface area contributed by atoms with E-state index in [9.17, 15) is 0 Å². The average Bonchev–Trinajstić information content (AvgIpc) is 3.36. The summed E-state index contributed by atoms with van der Waals surface area (Å²) >= 11 is 0. The van der Waals surface area contributed by atoms with Crippen LogP contribution < -0.4 is 5.73 Å². The fourth-order valence-corrected chi connectivity index (χ4v) is 3.72. The van der Waals surface area contributed by atoms with Gasteiger partial charge in [-0.2, -0.15) is 0 Å². The van der Waals surface area contributed by atoms with Gasteiger partial charge in [0.15, 0.2) is 0 Å². The fourth-order valence-electron chi connectivity index (χ4n) is 3.72. The van der Waals surface area contributed by atoms with Gasteiger partial charge < -0.3 is 14.7 Å². The molecule has 0 atom stereocenters. The molecule has 0 aliphatic carbocycles. The largest absolute Gasteiger partial charge is 0.443 e. The lowest BCUT2D eigenvalue weighted by molar-refractivity contribution is 0.567. The Bertz CT molecular complexity index is 1310. The van der Waals surface area contributed by atoms with Crippen molar-refractivity contribution in [2.75, 3.05) is 0 Å². The minimum Gasteiger partial charge on any atom is -0.443 e. The number of oxazole rings is 1. The number of hydrogen-bond donors (Lipinski definition) is 2. The van der Waals surface area contributed by atoms with Crippen molar-refractivity contribution in [3.8, 4) is 11.6 Å². The number of nitrogens with zero attached hydrogens (tertiary/aromatic N) is 2. The normalized spacial score (nSPS) is 11.3. The number of nitrogens with one attached hydrogen (secondary N) is 1. The third-order valence-electron chi connectivity index (χ3n) is 5.08. The van der Waals surface area contributed by atoms with Crippen LogP contribution in [0.5, 0.6) is 0 Å². The SMILES string of the molecule is N=C(N)c1ccc2cc(-c3ncco3)n(Cc3cccc4ccccc34)c2c1. The van der Waals surface area contributed by atoms with Crippen molar-refractivity contribution >= 4 is 27.5 Å². The Morgan fingerprint density at radius 1 is 1.00 bits per heavy atom. The van der Waals surface area contributed by atoms with Gasteiger partial charge in [-0.1, -0.05) is 54.6 Å². The van der Waals surface area contributed by atoms with E-state index < -0.39 is 0 Å². The van der Waals surface area contributed by atoms with Gasteiger partial charge in [0.05, 0.1) is 6.20 Å². The molecule has 5 nitrogen and oxygen atoms in total. The van der Waals surface area contributed by atoms with Crippen molar-refractivity contribution in [3.63, 3.8) is 0 Å². The van der Waals surface area contributed by atoms with Gasteiger partial charge in [-0.25, -0.2) is 4.98 Å². The van der Waals surface area contributed by atoms with Crippen molar-refractivity contribution in [2.45, 2.75) is 6.54 Å². The van der Waals surface area contributed by atoms with Gasteiger partial charge in [-0.15, -0.1) is 0 Å². The monoisotopic (exact) mass is 366 g/mol. The van der Waals surface area contributed by atoms with Crippen LogP contribution in [0, 0.1) is 5.41 Å². The Balaban J connectivity index is 1.75. The zero-order valence-corrected chi connectivity index (χ0v) is 15.1. The van der Waals surface area contributed by atoms with E-state index in [1.54, 1.807) is 12.5 Å². The summed E-state index contributed by atoms with van der Waals surface area (Å²) in [5.41, 5.74) is 9.52. The van der Waals surface area contributed by atoms with Crippen LogP contribution in [0.4, 0.5) is 0 Å². The predicted octanol–water partition coefficient (Wildman–Crippen LogP) is 4.78. The number of aromatic nitrogens is 2. The first-order chi connectivity index (χ1) is 13.7. The van der Waals surface area contributed by atoms with Gasteiger partial charge in [0, 0.05) is 23.0 Å². The summed E-state index contributed by atoms with van der Waals surface area (Å²) in [6.07, 6.45) is 3.23. The second-order valence-corrected chi connectivity index (χ2v) is 6.78. The molecule has 0 aliphatic rings. The van der Waals surface area contributed by atoms with E-state index in [2.05, 4.69) is 58.1 Å². The summed E-state index contributed by atoms with van der Waals surface area (Å²) in [6.45, 7) is 0.657. The first kappa shape index (κ1) is 16.3. The molecule has 0 bridgehead atoms. The first-order valence-corrected chi connectivity index (χ1v) is 9.05. The summed E-state index contributed by atoms with van der Waals surface area (Å²) < 4.78 is 7.77. The van der Waals surface area contributed by atoms with Crippen molar-refractivity contribution < 1.29 is 4.42 Å². The average molecular weight is 366 g/mol. The van der Waals surface area contributed by atoms with Gasteiger partial charge in [-0.3, -0.25) is 5.41 Å². The zero-order valence-electron chi connectivity index (χ0n) is 15.1. The number of nitrogens with two attached hydrogens (primary N) is 1. The molecule has 28 heavy (non-hydrogen) atoms. The molecule has 5 rings (SSSR count). The highest BCUT2D eigenvalue weighted by Gasteiger charge is 2.16. The molecule has 5 heteroatoms. The number of amidine groups is 1. The first-order valence-electron chi connectivity index (χ1n) is 9.05. The van der Waals surface area contributed by atoms with Crippen molar-refractivity contribution in [1.29, 1.82) is 5.41 Å². The molecule has 0 saturated heterocycles. The predicted molar refractivity (Wildman–Crippen MR) is 112 cm³/mol. The smallest absolute Gasteiger partial charge is 0.243 e. The van der Waals surface area contributed by atoms with E-state index in [0.717, 1.165) is 16.6 Å². The Kier molecular flexibility index (Phi) is 3.72. The molecule has 0 unspecified atom stereocenters.